The molecule has 1 heterocycles. The van der Waals surface area contributed by atoms with Crippen molar-refractivity contribution in [3.63, 3.8) is 0 Å². The smallest absolute Gasteiger partial charge is 0.254 e. The Kier molecular flexibility index (Phi) is 5.79. The van der Waals surface area contributed by atoms with Crippen LogP contribution in [0.4, 0.5) is 11.4 Å². The largest absolute Gasteiger partial charge is 0.332 e. The zero-order chi connectivity index (χ0) is 19.6. The number of hydrogen-bond donors (Lipinski definition) is 1. The van der Waals surface area contributed by atoms with E-state index in [0.717, 1.165) is 3.57 Å². The molecule has 3 amide bonds. The summed E-state index contributed by atoms with van der Waals surface area (Å²) in [5.41, 5.74) is 1.79. The van der Waals surface area contributed by atoms with Gasteiger partial charge in [-0.3, -0.25) is 14.4 Å². The minimum atomic E-state index is -0.303. The van der Waals surface area contributed by atoms with Crippen LogP contribution in [0.25, 0.3) is 0 Å². The predicted molar refractivity (Wildman–Crippen MR) is 113 cm³/mol. The minimum absolute atomic E-state index is 0.0717. The van der Waals surface area contributed by atoms with E-state index in [0.29, 0.717) is 16.9 Å². The summed E-state index contributed by atoms with van der Waals surface area (Å²) in [5.74, 6) is -0.578. The quantitative estimate of drug-likeness (QED) is 0.691. The van der Waals surface area contributed by atoms with Gasteiger partial charge in [-0.2, -0.15) is 0 Å². The molecule has 0 bridgehead atoms. The summed E-state index contributed by atoms with van der Waals surface area (Å²) < 4.78 is 1.04. The van der Waals surface area contributed by atoms with Gasteiger partial charge in [-0.15, -0.1) is 0 Å². The van der Waals surface area contributed by atoms with E-state index >= 15 is 0 Å². The molecule has 1 aliphatic heterocycles. The van der Waals surface area contributed by atoms with E-state index in [2.05, 4.69) is 27.9 Å². The van der Waals surface area contributed by atoms with Crippen LogP contribution in [0.1, 0.15) is 23.7 Å². The monoisotopic (exact) mass is 477 g/mol. The Morgan fingerprint density at radius 1 is 1.19 bits per heavy atom. The number of rotatable bonds is 3. The zero-order valence-corrected chi connectivity index (χ0v) is 17.3. The average Bonchev–Trinajstić information content (AvgIpc) is 2.75. The second kappa shape index (κ2) is 8.08. The van der Waals surface area contributed by atoms with E-state index in [-0.39, 0.29) is 36.7 Å². The molecule has 0 radical (unpaired) electrons. The van der Waals surface area contributed by atoms with Crippen molar-refractivity contribution in [1.82, 2.24) is 4.90 Å². The number of halogens is 1. The Hall–Kier alpha value is -2.42. The van der Waals surface area contributed by atoms with Crippen LogP contribution in [-0.4, -0.2) is 42.3 Å². The molecular weight excluding hydrogens is 457 g/mol. The van der Waals surface area contributed by atoms with Crippen molar-refractivity contribution in [3.05, 3.63) is 57.7 Å². The van der Waals surface area contributed by atoms with Gasteiger partial charge in [-0.25, -0.2) is 0 Å². The van der Waals surface area contributed by atoms with Gasteiger partial charge < -0.3 is 15.1 Å². The Morgan fingerprint density at radius 2 is 1.85 bits per heavy atom. The number of anilines is 2. The maximum absolute atomic E-state index is 13.0. The van der Waals surface area contributed by atoms with Crippen LogP contribution in [0.2, 0.25) is 0 Å². The van der Waals surface area contributed by atoms with Gasteiger partial charge in [0.05, 0.1) is 11.4 Å². The number of para-hydroxylation sites is 2. The van der Waals surface area contributed by atoms with Crippen molar-refractivity contribution < 1.29 is 14.4 Å². The molecule has 140 valence electrons. The Labute approximate surface area is 171 Å². The number of hydrogen-bond acceptors (Lipinski definition) is 3. The Balaban J connectivity index is 1.81. The van der Waals surface area contributed by atoms with E-state index in [1.807, 2.05) is 31.2 Å². The molecular formula is C20H20IN3O3. The van der Waals surface area contributed by atoms with Gasteiger partial charge in [-0.05, 0) is 65.9 Å². The summed E-state index contributed by atoms with van der Waals surface area (Å²) in [5, 5.41) is 2.83. The van der Waals surface area contributed by atoms with E-state index in [9.17, 15) is 14.4 Å². The standard InChI is InChI=1S/C20H20IN3O3/c1-13-11-18(25)22-16-5-3-4-6-17(16)24(13)19(26)12-23(2)20(27)14-7-9-15(21)10-8-14/h3-10,13H,11-12H2,1-2H3,(H,22,25)/t13-/m1/s1. The van der Waals surface area contributed by atoms with Gasteiger partial charge in [0.15, 0.2) is 0 Å². The molecule has 0 spiro atoms. The van der Waals surface area contributed by atoms with Crippen LogP contribution in [0.15, 0.2) is 48.5 Å². The second-order valence-corrected chi connectivity index (χ2v) is 7.80. The average molecular weight is 477 g/mol. The first kappa shape index (κ1) is 19.3. The number of carbonyl (C=O) groups is 3. The minimum Gasteiger partial charge on any atom is -0.332 e. The molecule has 27 heavy (non-hydrogen) atoms. The van der Waals surface area contributed by atoms with Crippen LogP contribution >= 0.6 is 22.6 Å². The van der Waals surface area contributed by atoms with Gasteiger partial charge >= 0.3 is 0 Å². The molecule has 1 N–H and O–H groups in total. The third-order valence-electron chi connectivity index (χ3n) is 4.44. The third-order valence-corrected chi connectivity index (χ3v) is 5.16. The number of likely N-dealkylation sites (N-methyl/N-ethyl adjacent to an activating group) is 1. The molecule has 7 heteroatoms. The van der Waals surface area contributed by atoms with E-state index < -0.39 is 0 Å². The first-order valence-electron chi connectivity index (χ1n) is 8.59. The normalized spacial score (nSPS) is 16.2. The molecule has 2 aromatic carbocycles. The fourth-order valence-electron chi connectivity index (χ4n) is 3.13. The molecule has 0 aliphatic carbocycles. The van der Waals surface area contributed by atoms with E-state index in [1.54, 1.807) is 36.2 Å². The van der Waals surface area contributed by atoms with Crippen LogP contribution in [0.5, 0.6) is 0 Å². The number of amides is 3. The first-order valence-corrected chi connectivity index (χ1v) is 9.66. The molecule has 0 aromatic heterocycles. The molecule has 0 saturated carbocycles. The Morgan fingerprint density at radius 3 is 2.56 bits per heavy atom. The second-order valence-electron chi connectivity index (χ2n) is 6.55. The molecule has 3 rings (SSSR count). The zero-order valence-electron chi connectivity index (χ0n) is 15.1. The maximum atomic E-state index is 13.0. The highest BCUT2D eigenvalue weighted by molar-refractivity contribution is 14.1. The molecule has 0 saturated heterocycles. The number of carbonyl (C=O) groups excluding carboxylic acids is 3. The van der Waals surface area contributed by atoms with Crippen molar-refractivity contribution in [2.45, 2.75) is 19.4 Å². The topological polar surface area (TPSA) is 69.7 Å². The maximum Gasteiger partial charge on any atom is 0.254 e. The van der Waals surface area contributed by atoms with Crippen LogP contribution in [-0.2, 0) is 9.59 Å². The van der Waals surface area contributed by atoms with Crippen LogP contribution in [0.3, 0.4) is 0 Å². The predicted octanol–water partition coefficient (Wildman–Crippen LogP) is 3.13. The van der Waals surface area contributed by atoms with Gasteiger partial charge in [0, 0.05) is 28.6 Å². The highest BCUT2D eigenvalue weighted by atomic mass is 127. The molecule has 1 atom stereocenters. The van der Waals surface area contributed by atoms with Crippen LogP contribution in [0, 0.1) is 3.57 Å². The lowest BCUT2D eigenvalue weighted by molar-refractivity contribution is -0.119. The van der Waals surface area contributed by atoms with Gasteiger partial charge in [0.2, 0.25) is 11.8 Å². The molecule has 0 unspecified atom stereocenters. The van der Waals surface area contributed by atoms with E-state index in [1.165, 1.54) is 4.90 Å². The lowest BCUT2D eigenvalue weighted by atomic mass is 10.1. The summed E-state index contributed by atoms with van der Waals surface area (Å²) in [4.78, 5) is 40.7. The number of benzene rings is 2. The third kappa shape index (κ3) is 4.29. The fourth-order valence-corrected chi connectivity index (χ4v) is 3.49. The lowest BCUT2D eigenvalue weighted by Crippen LogP contribution is -2.45. The summed E-state index contributed by atoms with van der Waals surface area (Å²) in [7, 11) is 1.61. The molecule has 0 fully saturated rings. The summed E-state index contributed by atoms with van der Waals surface area (Å²) in [6.07, 6.45) is 0.204. The van der Waals surface area contributed by atoms with Gasteiger partial charge in [0.1, 0.15) is 6.54 Å². The molecule has 1 aliphatic rings. The highest BCUT2D eigenvalue weighted by Gasteiger charge is 2.30. The first-order chi connectivity index (χ1) is 12.9. The lowest BCUT2D eigenvalue weighted by Gasteiger charge is -2.29. The molecule has 2 aromatic rings. The highest BCUT2D eigenvalue weighted by Crippen LogP contribution is 2.31. The fraction of sp³-hybridized carbons (Fsp3) is 0.250. The Bertz CT molecular complexity index is 882. The van der Waals surface area contributed by atoms with E-state index in [4.69, 9.17) is 0 Å². The van der Waals surface area contributed by atoms with Crippen molar-refractivity contribution in [3.8, 4) is 0 Å². The van der Waals surface area contributed by atoms with Crippen molar-refractivity contribution in [2.75, 3.05) is 23.8 Å². The number of fused-ring (bicyclic) bond motifs is 1. The van der Waals surface area contributed by atoms with Gasteiger partial charge in [0.25, 0.3) is 5.91 Å². The summed E-state index contributed by atoms with van der Waals surface area (Å²) >= 11 is 2.18. The summed E-state index contributed by atoms with van der Waals surface area (Å²) in [6, 6.07) is 14.1. The molecule has 6 nitrogen and oxygen atoms in total. The summed E-state index contributed by atoms with van der Waals surface area (Å²) in [6.45, 7) is 1.76. The van der Waals surface area contributed by atoms with Crippen molar-refractivity contribution in [2.24, 2.45) is 0 Å². The SMILES string of the molecule is C[C@@H]1CC(=O)Nc2ccccc2N1C(=O)CN(C)C(=O)c1ccc(I)cc1. The van der Waals surface area contributed by atoms with Crippen LogP contribution < -0.4 is 10.2 Å². The van der Waals surface area contributed by atoms with Crippen molar-refractivity contribution >= 4 is 51.7 Å². The number of nitrogens with zero attached hydrogens (tertiary/aromatic N) is 2. The van der Waals surface area contributed by atoms with Crippen molar-refractivity contribution in [1.29, 1.82) is 0 Å². The number of nitrogens with one attached hydrogen (secondary N) is 1. The van der Waals surface area contributed by atoms with Gasteiger partial charge in [-0.1, -0.05) is 12.1 Å².